The number of pyridine rings is 1. The van der Waals surface area contributed by atoms with Crippen LogP contribution in [0.25, 0.3) is 0 Å². The van der Waals surface area contributed by atoms with Gasteiger partial charge >= 0.3 is 0 Å². The van der Waals surface area contributed by atoms with E-state index < -0.39 is 0 Å². The molecule has 0 bridgehead atoms. The molecule has 100 valence electrons. The summed E-state index contributed by atoms with van der Waals surface area (Å²) in [5.74, 6) is 0. The summed E-state index contributed by atoms with van der Waals surface area (Å²) in [6.45, 7) is 8.63. The molecule has 2 heterocycles. The Morgan fingerprint density at radius 1 is 1.33 bits per heavy atom. The molecular weight excluding hydrogens is 222 g/mol. The van der Waals surface area contributed by atoms with Crippen molar-refractivity contribution in [2.75, 3.05) is 13.1 Å². The fraction of sp³-hybridized carbons (Fsp3) is 0.667. The fourth-order valence-corrected chi connectivity index (χ4v) is 2.89. The van der Waals surface area contributed by atoms with Crippen LogP contribution in [-0.2, 0) is 13.1 Å². The van der Waals surface area contributed by atoms with Crippen LogP contribution in [0.5, 0.6) is 0 Å². The number of hydrogen-bond acceptors (Lipinski definition) is 3. The second-order valence-corrected chi connectivity index (χ2v) is 5.53. The summed E-state index contributed by atoms with van der Waals surface area (Å²) >= 11 is 0. The Kier molecular flexibility index (Phi) is 4.36. The number of rotatable bonds is 5. The molecule has 1 saturated heterocycles. The van der Waals surface area contributed by atoms with Gasteiger partial charge < -0.3 is 5.73 Å². The summed E-state index contributed by atoms with van der Waals surface area (Å²) in [4.78, 5) is 7.03. The Bertz CT molecular complexity index is 368. The first-order valence-electron chi connectivity index (χ1n) is 7.07. The average Bonchev–Trinajstić information content (AvgIpc) is 2.84. The second kappa shape index (κ2) is 5.81. The Labute approximate surface area is 110 Å². The maximum absolute atomic E-state index is 5.58. The van der Waals surface area contributed by atoms with Crippen LogP contribution in [0.3, 0.4) is 0 Å². The lowest BCUT2D eigenvalue weighted by Crippen LogP contribution is -2.26. The van der Waals surface area contributed by atoms with E-state index in [9.17, 15) is 0 Å². The minimum atomic E-state index is 0.553. The monoisotopic (exact) mass is 247 g/mol. The molecule has 0 atom stereocenters. The lowest BCUT2D eigenvalue weighted by Gasteiger charge is -2.26. The topological polar surface area (TPSA) is 42.1 Å². The Morgan fingerprint density at radius 2 is 2.11 bits per heavy atom. The third kappa shape index (κ3) is 2.90. The SMILES string of the molecule is CCC1(CC)CCN(Cc2ccc(CN)cn2)C1. The van der Waals surface area contributed by atoms with E-state index in [1.807, 2.05) is 6.20 Å². The summed E-state index contributed by atoms with van der Waals surface area (Å²) in [7, 11) is 0. The molecule has 1 fully saturated rings. The fourth-order valence-electron chi connectivity index (χ4n) is 2.89. The van der Waals surface area contributed by atoms with E-state index >= 15 is 0 Å². The van der Waals surface area contributed by atoms with E-state index in [0.717, 1.165) is 17.8 Å². The van der Waals surface area contributed by atoms with E-state index in [4.69, 9.17) is 5.73 Å². The molecule has 0 aliphatic carbocycles. The standard InChI is InChI=1S/C15H25N3/c1-3-15(4-2)7-8-18(12-15)11-14-6-5-13(9-16)10-17-14/h5-6,10H,3-4,7-9,11-12,16H2,1-2H3. The van der Waals surface area contributed by atoms with Gasteiger partial charge in [0.25, 0.3) is 0 Å². The highest BCUT2D eigenvalue weighted by Crippen LogP contribution is 2.37. The molecule has 3 heteroatoms. The minimum absolute atomic E-state index is 0.553. The van der Waals surface area contributed by atoms with Gasteiger partial charge in [-0.3, -0.25) is 9.88 Å². The van der Waals surface area contributed by atoms with Crippen LogP contribution >= 0.6 is 0 Å². The summed E-state index contributed by atoms with van der Waals surface area (Å²) in [5, 5.41) is 0. The summed E-state index contributed by atoms with van der Waals surface area (Å²) in [6, 6.07) is 4.20. The molecule has 0 unspecified atom stereocenters. The maximum Gasteiger partial charge on any atom is 0.0544 e. The van der Waals surface area contributed by atoms with E-state index in [1.165, 1.54) is 32.4 Å². The zero-order chi connectivity index (χ0) is 13.0. The van der Waals surface area contributed by atoms with Crippen LogP contribution in [0.4, 0.5) is 0 Å². The van der Waals surface area contributed by atoms with Gasteiger partial charge in [-0.2, -0.15) is 0 Å². The molecule has 2 rings (SSSR count). The quantitative estimate of drug-likeness (QED) is 0.869. The normalized spacial score (nSPS) is 19.3. The highest BCUT2D eigenvalue weighted by atomic mass is 15.2. The van der Waals surface area contributed by atoms with Crippen LogP contribution in [0.2, 0.25) is 0 Å². The highest BCUT2D eigenvalue weighted by molar-refractivity contribution is 5.13. The van der Waals surface area contributed by atoms with Crippen LogP contribution in [0.1, 0.15) is 44.4 Å². The Balaban J connectivity index is 1.94. The molecule has 0 radical (unpaired) electrons. The van der Waals surface area contributed by atoms with Crippen molar-refractivity contribution in [3.8, 4) is 0 Å². The average molecular weight is 247 g/mol. The van der Waals surface area contributed by atoms with Crippen LogP contribution in [0, 0.1) is 5.41 Å². The van der Waals surface area contributed by atoms with Crippen molar-refractivity contribution < 1.29 is 0 Å². The van der Waals surface area contributed by atoms with Crippen LogP contribution < -0.4 is 5.73 Å². The first-order chi connectivity index (χ1) is 8.71. The highest BCUT2D eigenvalue weighted by Gasteiger charge is 2.34. The number of likely N-dealkylation sites (tertiary alicyclic amines) is 1. The van der Waals surface area contributed by atoms with Gasteiger partial charge in [0.15, 0.2) is 0 Å². The molecule has 1 aromatic rings. The maximum atomic E-state index is 5.58. The molecule has 1 aromatic heterocycles. The van der Waals surface area contributed by atoms with Crippen molar-refractivity contribution >= 4 is 0 Å². The molecule has 0 amide bonds. The van der Waals surface area contributed by atoms with Gasteiger partial charge in [-0.25, -0.2) is 0 Å². The van der Waals surface area contributed by atoms with Gasteiger partial charge in [-0.05, 0) is 42.9 Å². The van der Waals surface area contributed by atoms with E-state index in [0.29, 0.717) is 12.0 Å². The van der Waals surface area contributed by atoms with E-state index in [-0.39, 0.29) is 0 Å². The van der Waals surface area contributed by atoms with Gasteiger partial charge in [-0.1, -0.05) is 19.9 Å². The van der Waals surface area contributed by atoms with Crippen molar-refractivity contribution in [1.29, 1.82) is 0 Å². The molecule has 0 saturated carbocycles. The number of nitrogens with two attached hydrogens (primary N) is 1. The number of hydrogen-bond donors (Lipinski definition) is 1. The van der Waals surface area contributed by atoms with Crippen molar-refractivity contribution in [3.05, 3.63) is 29.6 Å². The van der Waals surface area contributed by atoms with E-state index in [2.05, 4.69) is 35.9 Å². The largest absolute Gasteiger partial charge is 0.326 e. The van der Waals surface area contributed by atoms with Crippen LogP contribution in [0.15, 0.2) is 18.3 Å². The zero-order valence-electron chi connectivity index (χ0n) is 11.7. The molecule has 1 aliphatic rings. The lowest BCUT2D eigenvalue weighted by atomic mass is 9.82. The number of aromatic nitrogens is 1. The smallest absolute Gasteiger partial charge is 0.0544 e. The van der Waals surface area contributed by atoms with Gasteiger partial charge in [-0.15, -0.1) is 0 Å². The predicted molar refractivity (Wildman–Crippen MR) is 75.0 cm³/mol. The molecule has 2 N–H and O–H groups in total. The second-order valence-electron chi connectivity index (χ2n) is 5.53. The first-order valence-corrected chi connectivity index (χ1v) is 7.07. The molecule has 0 spiro atoms. The summed E-state index contributed by atoms with van der Waals surface area (Å²) in [5.41, 5.74) is 8.41. The minimum Gasteiger partial charge on any atom is -0.326 e. The third-order valence-electron chi connectivity index (χ3n) is 4.52. The van der Waals surface area contributed by atoms with Crippen molar-refractivity contribution in [3.63, 3.8) is 0 Å². The van der Waals surface area contributed by atoms with Gasteiger partial charge in [0.1, 0.15) is 0 Å². The van der Waals surface area contributed by atoms with Crippen LogP contribution in [-0.4, -0.2) is 23.0 Å². The van der Waals surface area contributed by atoms with Gasteiger partial charge in [0.05, 0.1) is 5.69 Å². The van der Waals surface area contributed by atoms with Crippen molar-refractivity contribution in [2.45, 2.75) is 46.2 Å². The molecular formula is C15H25N3. The summed E-state index contributed by atoms with van der Waals surface area (Å²) in [6.07, 6.45) is 5.82. The Morgan fingerprint density at radius 3 is 2.61 bits per heavy atom. The van der Waals surface area contributed by atoms with Crippen molar-refractivity contribution in [1.82, 2.24) is 9.88 Å². The molecule has 18 heavy (non-hydrogen) atoms. The molecule has 1 aliphatic heterocycles. The summed E-state index contributed by atoms with van der Waals surface area (Å²) < 4.78 is 0. The first kappa shape index (κ1) is 13.5. The van der Waals surface area contributed by atoms with Gasteiger partial charge in [0, 0.05) is 25.8 Å². The van der Waals surface area contributed by atoms with E-state index in [1.54, 1.807) is 0 Å². The zero-order valence-corrected chi connectivity index (χ0v) is 11.7. The number of nitrogens with zero attached hydrogens (tertiary/aromatic N) is 2. The van der Waals surface area contributed by atoms with Gasteiger partial charge in [0.2, 0.25) is 0 Å². The molecule has 3 nitrogen and oxygen atoms in total. The predicted octanol–water partition coefficient (Wildman–Crippen LogP) is 2.55. The third-order valence-corrected chi connectivity index (χ3v) is 4.52. The Hall–Kier alpha value is -0.930. The lowest BCUT2D eigenvalue weighted by molar-refractivity contribution is 0.235. The molecule has 0 aromatic carbocycles. The van der Waals surface area contributed by atoms with Crippen molar-refractivity contribution in [2.24, 2.45) is 11.1 Å².